The van der Waals surface area contributed by atoms with Gasteiger partial charge in [0, 0.05) is 31.2 Å². The first kappa shape index (κ1) is 13.1. The molecule has 1 unspecified atom stereocenters. The summed E-state index contributed by atoms with van der Waals surface area (Å²) in [6, 6.07) is 1.85. The van der Waals surface area contributed by atoms with Crippen molar-refractivity contribution in [2.24, 2.45) is 11.7 Å². The van der Waals surface area contributed by atoms with Crippen LogP contribution < -0.4 is 5.73 Å². The Balaban J connectivity index is 2.12. The molecule has 2 rings (SSSR count). The molecule has 0 radical (unpaired) electrons. The Labute approximate surface area is 110 Å². The molecule has 4 nitrogen and oxygen atoms in total. The molecule has 0 spiro atoms. The first-order valence-corrected chi connectivity index (χ1v) is 6.80. The number of likely N-dealkylation sites (tertiary alicyclic amines) is 1. The van der Waals surface area contributed by atoms with Crippen LogP contribution in [0.25, 0.3) is 0 Å². The van der Waals surface area contributed by atoms with Gasteiger partial charge in [0.15, 0.2) is 0 Å². The first-order chi connectivity index (χ1) is 8.76. The Kier molecular flexibility index (Phi) is 4.37. The molecule has 1 atom stereocenters. The monoisotopic (exact) mass is 264 g/mol. The molecule has 5 heteroatoms. The van der Waals surface area contributed by atoms with Crippen LogP contribution in [0.1, 0.15) is 21.7 Å². The SMILES string of the molecule is NCC#Cc1ccsc1C(=O)N1CCC(CO)C1. The molecule has 1 saturated heterocycles. The normalized spacial score (nSPS) is 18.6. The van der Waals surface area contributed by atoms with E-state index in [1.54, 1.807) is 4.90 Å². The van der Waals surface area contributed by atoms with Gasteiger partial charge in [0.25, 0.3) is 5.91 Å². The van der Waals surface area contributed by atoms with E-state index in [0.29, 0.717) is 24.5 Å². The molecule has 1 aliphatic rings. The summed E-state index contributed by atoms with van der Waals surface area (Å²) in [6.45, 7) is 1.79. The third-order valence-electron chi connectivity index (χ3n) is 3.02. The fraction of sp³-hybridized carbons (Fsp3) is 0.462. The Morgan fingerprint density at radius 1 is 1.67 bits per heavy atom. The van der Waals surface area contributed by atoms with Gasteiger partial charge in [-0.2, -0.15) is 0 Å². The van der Waals surface area contributed by atoms with E-state index in [1.807, 2.05) is 11.4 Å². The molecule has 1 amide bonds. The number of hydrogen-bond acceptors (Lipinski definition) is 4. The highest BCUT2D eigenvalue weighted by Gasteiger charge is 2.27. The summed E-state index contributed by atoms with van der Waals surface area (Å²) in [7, 11) is 0. The molecular formula is C13H16N2O2S. The minimum atomic E-state index is 0.0160. The number of nitrogens with zero attached hydrogens (tertiary/aromatic N) is 1. The Bertz CT molecular complexity index is 487. The van der Waals surface area contributed by atoms with Crippen molar-refractivity contribution in [2.45, 2.75) is 6.42 Å². The first-order valence-electron chi connectivity index (χ1n) is 5.92. The van der Waals surface area contributed by atoms with Crippen LogP contribution in [0.15, 0.2) is 11.4 Å². The van der Waals surface area contributed by atoms with Crippen LogP contribution in [0.4, 0.5) is 0 Å². The lowest BCUT2D eigenvalue weighted by Gasteiger charge is -2.15. The van der Waals surface area contributed by atoms with E-state index in [0.717, 1.165) is 12.0 Å². The van der Waals surface area contributed by atoms with Crippen LogP contribution in [0.3, 0.4) is 0 Å². The van der Waals surface area contributed by atoms with E-state index in [-0.39, 0.29) is 18.4 Å². The van der Waals surface area contributed by atoms with E-state index in [4.69, 9.17) is 10.8 Å². The zero-order chi connectivity index (χ0) is 13.0. The second kappa shape index (κ2) is 6.01. The van der Waals surface area contributed by atoms with Crippen molar-refractivity contribution in [3.8, 4) is 11.8 Å². The topological polar surface area (TPSA) is 66.6 Å². The van der Waals surface area contributed by atoms with Gasteiger partial charge >= 0.3 is 0 Å². The molecule has 0 aliphatic carbocycles. The lowest BCUT2D eigenvalue weighted by atomic mass is 10.1. The molecule has 18 heavy (non-hydrogen) atoms. The quantitative estimate of drug-likeness (QED) is 0.765. The third-order valence-corrected chi connectivity index (χ3v) is 3.92. The average Bonchev–Trinajstić information content (AvgIpc) is 3.04. The van der Waals surface area contributed by atoms with Crippen LogP contribution in [-0.2, 0) is 0 Å². The fourth-order valence-electron chi connectivity index (χ4n) is 2.03. The number of aliphatic hydroxyl groups is 1. The number of amides is 1. The maximum atomic E-state index is 12.3. The Hall–Kier alpha value is -1.35. The second-order valence-electron chi connectivity index (χ2n) is 4.26. The highest BCUT2D eigenvalue weighted by atomic mass is 32.1. The lowest BCUT2D eigenvalue weighted by Crippen LogP contribution is -2.29. The number of carbonyl (C=O) groups excluding carboxylic acids is 1. The minimum Gasteiger partial charge on any atom is -0.396 e. The molecule has 0 aromatic carbocycles. The second-order valence-corrected chi connectivity index (χ2v) is 5.17. The number of nitrogens with two attached hydrogens (primary N) is 1. The fourth-order valence-corrected chi connectivity index (χ4v) is 2.85. The van der Waals surface area contributed by atoms with Gasteiger partial charge in [-0.1, -0.05) is 11.8 Å². The smallest absolute Gasteiger partial charge is 0.265 e. The lowest BCUT2D eigenvalue weighted by molar-refractivity contribution is 0.0786. The molecule has 2 heterocycles. The van der Waals surface area contributed by atoms with Crippen LogP contribution in [0.5, 0.6) is 0 Å². The van der Waals surface area contributed by atoms with Gasteiger partial charge < -0.3 is 15.7 Å². The summed E-state index contributed by atoms with van der Waals surface area (Å²) in [4.78, 5) is 14.8. The summed E-state index contributed by atoms with van der Waals surface area (Å²) < 4.78 is 0. The van der Waals surface area contributed by atoms with Crippen LogP contribution in [-0.4, -0.2) is 42.2 Å². The zero-order valence-corrected chi connectivity index (χ0v) is 10.9. The number of thiophene rings is 1. The summed E-state index contributed by atoms with van der Waals surface area (Å²) in [5, 5.41) is 11.0. The van der Waals surface area contributed by atoms with Crippen molar-refractivity contribution in [3.63, 3.8) is 0 Å². The van der Waals surface area contributed by atoms with Crippen LogP contribution >= 0.6 is 11.3 Å². The summed E-state index contributed by atoms with van der Waals surface area (Å²) >= 11 is 1.41. The van der Waals surface area contributed by atoms with Gasteiger partial charge in [0.2, 0.25) is 0 Å². The predicted octanol–water partition coefficient (Wildman–Crippen LogP) is 0.513. The van der Waals surface area contributed by atoms with Crippen LogP contribution in [0.2, 0.25) is 0 Å². The largest absolute Gasteiger partial charge is 0.396 e. The van der Waals surface area contributed by atoms with Crippen molar-refractivity contribution < 1.29 is 9.90 Å². The van der Waals surface area contributed by atoms with E-state index >= 15 is 0 Å². The Morgan fingerprint density at radius 3 is 3.17 bits per heavy atom. The van der Waals surface area contributed by atoms with E-state index in [9.17, 15) is 4.79 Å². The number of hydrogen-bond donors (Lipinski definition) is 2. The highest BCUT2D eigenvalue weighted by Crippen LogP contribution is 2.23. The average molecular weight is 264 g/mol. The van der Waals surface area contributed by atoms with Crippen molar-refractivity contribution in [1.82, 2.24) is 4.90 Å². The van der Waals surface area contributed by atoms with Crippen molar-refractivity contribution >= 4 is 17.2 Å². The third kappa shape index (κ3) is 2.72. The van der Waals surface area contributed by atoms with Gasteiger partial charge in [0.1, 0.15) is 4.88 Å². The molecule has 1 aromatic rings. The van der Waals surface area contributed by atoms with Crippen molar-refractivity contribution in [3.05, 3.63) is 21.9 Å². The molecule has 0 bridgehead atoms. The highest BCUT2D eigenvalue weighted by molar-refractivity contribution is 7.12. The number of aliphatic hydroxyl groups excluding tert-OH is 1. The standard InChI is InChI=1S/C13H16N2O2S/c14-5-1-2-11-4-7-18-12(11)13(17)15-6-3-10(8-15)9-16/h4,7,10,16H,3,5-6,8-9,14H2. The van der Waals surface area contributed by atoms with Gasteiger partial charge in [-0.15, -0.1) is 11.3 Å². The van der Waals surface area contributed by atoms with Gasteiger partial charge in [-0.3, -0.25) is 4.79 Å². The number of carbonyl (C=O) groups is 1. The molecule has 1 aliphatic heterocycles. The molecule has 96 valence electrons. The van der Waals surface area contributed by atoms with Crippen molar-refractivity contribution in [1.29, 1.82) is 0 Å². The Morgan fingerprint density at radius 2 is 2.50 bits per heavy atom. The van der Waals surface area contributed by atoms with Crippen molar-refractivity contribution in [2.75, 3.05) is 26.2 Å². The van der Waals surface area contributed by atoms with Gasteiger partial charge in [-0.25, -0.2) is 0 Å². The summed E-state index contributed by atoms with van der Waals surface area (Å²) in [6.07, 6.45) is 0.872. The van der Waals surface area contributed by atoms with Crippen LogP contribution in [0, 0.1) is 17.8 Å². The minimum absolute atomic E-state index is 0.0160. The van der Waals surface area contributed by atoms with Gasteiger partial charge in [0.05, 0.1) is 6.54 Å². The van der Waals surface area contributed by atoms with E-state index in [1.165, 1.54) is 11.3 Å². The predicted molar refractivity (Wildman–Crippen MR) is 71.3 cm³/mol. The maximum Gasteiger partial charge on any atom is 0.265 e. The molecule has 3 N–H and O–H groups in total. The molecule has 1 aromatic heterocycles. The molecule has 1 fully saturated rings. The summed E-state index contributed by atoms with van der Waals surface area (Å²) in [5.74, 6) is 5.92. The summed E-state index contributed by atoms with van der Waals surface area (Å²) in [5.41, 5.74) is 6.09. The zero-order valence-electron chi connectivity index (χ0n) is 10.1. The van der Waals surface area contributed by atoms with Gasteiger partial charge in [-0.05, 0) is 17.9 Å². The number of rotatable bonds is 2. The molecule has 0 saturated carbocycles. The molecular weight excluding hydrogens is 248 g/mol. The van der Waals surface area contributed by atoms with E-state index < -0.39 is 0 Å². The maximum absolute atomic E-state index is 12.3. The van der Waals surface area contributed by atoms with E-state index in [2.05, 4.69) is 11.8 Å².